The number of quaternary nitrogens is 1. The van der Waals surface area contributed by atoms with Crippen molar-refractivity contribution in [3.63, 3.8) is 0 Å². The van der Waals surface area contributed by atoms with Crippen LogP contribution in [0, 0.1) is 5.92 Å². The molecule has 1 saturated carbocycles. The van der Waals surface area contributed by atoms with E-state index < -0.39 is 6.09 Å². The Kier molecular flexibility index (Phi) is 5.88. The van der Waals surface area contributed by atoms with Crippen LogP contribution in [0.25, 0.3) is 10.8 Å². The summed E-state index contributed by atoms with van der Waals surface area (Å²) >= 11 is 0. The summed E-state index contributed by atoms with van der Waals surface area (Å²) in [6, 6.07) is 14.1. The van der Waals surface area contributed by atoms with Crippen molar-refractivity contribution >= 4 is 22.6 Å². The quantitative estimate of drug-likeness (QED) is 0.793. The maximum Gasteiger partial charge on any atom is 0.412 e. The molecule has 2 aliphatic heterocycles. The molecule has 0 spiro atoms. The maximum atomic E-state index is 12.6. The molecule has 0 unspecified atom stereocenters. The molecule has 0 bridgehead atoms. The minimum atomic E-state index is -0.459. The predicted octanol–water partition coefficient (Wildman–Crippen LogP) is 3.07. The normalized spacial score (nSPS) is 29.1. The summed E-state index contributed by atoms with van der Waals surface area (Å²) in [7, 11) is 0. The van der Waals surface area contributed by atoms with Gasteiger partial charge in [-0.25, -0.2) is 4.79 Å². The molecule has 3 fully saturated rings. The van der Waals surface area contributed by atoms with Crippen molar-refractivity contribution in [3.05, 3.63) is 42.5 Å². The molecule has 3 N–H and O–H groups in total. The number of rotatable bonds is 5. The standard InChI is InChI=1S/C24H30N2O4/c27-24(26-19-12-6-10-17-9-4-5-11-18(17)19)30-21-15-29-22-20(14-28-23(21)22)25-13-16-7-2-1-3-8-16/h4-6,9-12,16,20-23,25H,1-3,7-8,13-15H2,(H,26,27)/p+1/t20-,21+,22+,23+/m0/s1. The number of carbonyl (C=O) groups is 1. The minimum Gasteiger partial charge on any atom is -0.441 e. The third kappa shape index (κ3) is 4.17. The van der Waals surface area contributed by atoms with E-state index in [-0.39, 0.29) is 18.3 Å². The third-order valence-electron chi connectivity index (χ3n) is 6.83. The van der Waals surface area contributed by atoms with Gasteiger partial charge in [0.2, 0.25) is 0 Å². The summed E-state index contributed by atoms with van der Waals surface area (Å²) in [6.07, 6.45) is 5.82. The van der Waals surface area contributed by atoms with Gasteiger partial charge in [0.05, 0.1) is 18.8 Å². The summed E-state index contributed by atoms with van der Waals surface area (Å²) < 4.78 is 17.7. The number of ether oxygens (including phenoxy) is 3. The topological polar surface area (TPSA) is 73.4 Å². The van der Waals surface area contributed by atoms with Gasteiger partial charge in [-0.3, -0.25) is 5.32 Å². The zero-order valence-corrected chi connectivity index (χ0v) is 17.3. The van der Waals surface area contributed by atoms with E-state index in [9.17, 15) is 4.79 Å². The van der Waals surface area contributed by atoms with Crippen LogP contribution in [0.5, 0.6) is 0 Å². The van der Waals surface area contributed by atoms with Gasteiger partial charge >= 0.3 is 6.09 Å². The highest BCUT2D eigenvalue weighted by molar-refractivity contribution is 6.00. The van der Waals surface area contributed by atoms with E-state index in [0.717, 1.165) is 28.9 Å². The van der Waals surface area contributed by atoms with Crippen LogP contribution in [0.1, 0.15) is 32.1 Å². The van der Waals surface area contributed by atoms with E-state index in [0.29, 0.717) is 19.3 Å². The number of benzene rings is 2. The fourth-order valence-electron chi connectivity index (χ4n) is 5.20. The van der Waals surface area contributed by atoms with Crippen molar-refractivity contribution < 1.29 is 24.3 Å². The number of nitrogens with one attached hydrogen (secondary N) is 1. The van der Waals surface area contributed by atoms with Gasteiger partial charge < -0.3 is 19.5 Å². The first-order valence-electron chi connectivity index (χ1n) is 11.3. The van der Waals surface area contributed by atoms with Crippen LogP contribution in [0.4, 0.5) is 10.5 Å². The number of fused-ring (bicyclic) bond motifs is 2. The molecule has 6 heteroatoms. The smallest absolute Gasteiger partial charge is 0.412 e. The fourth-order valence-corrected chi connectivity index (χ4v) is 5.20. The molecule has 2 aromatic rings. The molecule has 2 heterocycles. The average molecular weight is 412 g/mol. The molecule has 6 nitrogen and oxygen atoms in total. The zero-order chi connectivity index (χ0) is 20.3. The van der Waals surface area contributed by atoms with Crippen LogP contribution < -0.4 is 10.6 Å². The van der Waals surface area contributed by atoms with E-state index >= 15 is 0 Å². The van der Waals surface area contributed by atoms with Crippen molar-refractivity contribution in [2.75, 3.05) is 25.1 Å². The lowest BCUT2D eigenvalue weighted by Crippen LogP contribution is -2.93. The summed E-state index contributed by atoms with van der Waals surface area (Å²) in [4.78, 5) is 12.6. The van der Waals surface area contributed by atoms with Crippen molar-refractivity contribution in [3.8, 4) is 0 Å². The van der Waals surface area contributed by atoms with Crippen molar-refractivity contribution in [2.45, 2.75) is 56.5 Å². The molecule has 1 amide bonds. The largest absolute Gasteiger partial charge is 0.441 e. The van der Waals surface area contributed by atoms with Crippen LogP contribution in [0.3, 0.4) is 0 Å². The molecule has 0 radical (unpaired) electrons. The Bertz CT molecular complexity index is 877. The Hall–Kier alpha value is -2.15. The van der Waals surface area contributed by atoms with Gasteiger partial charge in [-0.05, 0) is 24.3 Å². The first-order chi connectivity index (χ1) is 14.8. The second-order valence-corrected chi connectivity index (χ2v) is 8.83. The Morgan fingerprint density at radius 3 is 2.70 bits per heavy atom. The van der Waals surface area contributed by atoms with Crippen molar-refractivity contribution in [2.24, 2.45) is 5.92 Å². The van der Waals surface area contributed by atoms with Crippen molar-refractivity contribution in [1.29, 1.82) is 0 Å². The second-order valence-electron chi connectivity index (χ2n) is 8.83. The number of anilines is 1. The maximum absolute atomic E-state index is 12.6. The molecular formula is C24H31N2O4+. The molecule has 1 aliphatic carbocycles. The van der Waals surface area contributed by atoms with Gasteiger partial charge in [0.15, 0.2) is 6.10 Å². The molecule has 2 saturated heterocycles. The van der Waals surface area contributed by atoms with Crippen LogP contribution >= 0.6 is 0 Å². The molecule has 160 valence electrons. The van der Waals surface area contributed by atoms with Gasteiger partial charge in [-0.2, -0.15) is 0 Å². The summed E-state index contributed by atoms with van der Waals surface area (Å²) in [5.74, 6) is 0.817. The molecule has 4 atom stereocenters. The van der Waals surface area contributed by atoms with Gasteiger partial charge in [-0.15, -0.1) is 0 Å². The Balaban J connectivity index is 1.15. The number of nitrogens with two attached hydrogens (primary N) is 1. The van der Waals surface area contributed by atoms with E-state index in [1.807, 2.05) is 42.5 Å². The molecule has 30 heavy (non-hydrogen) atoms. The second kappa shape index (κ2) is 8.92. The van der Waals surface area contributed by atoms with E-state index in [1.165, 1.54) is 32.1 Å². The predicted molar refractivity (Wildman–Crippen MR) is 114 cm³/mol. The Labute approximate surface area is 177 Å². The summed E-state index contributed by atoms with van der Waals surface area (Å²) in [5.41, 5.74) is 0.750. The highest BCUT2D eigenvalue weighted by Gasteiger charge is 2.51. The first kappa shape index (κ1) is 19.8. The SMILES string of the molecule is O=C(Nc1cccc2ccccc12)O[C@@H]1CO[C@H]2[C@@H]1OC[C@@H]2[NH2+]CC1CCCCC1. The summed E-state index contributed by atoms with van der Waals surface area (Å²) in [5, 5.41) is 7.36. The average Bonchev–Trinajstić information content (AvgIpc) is 3.36. The number of hydrogen-bond donors (Lipinski definition) is 2. The molecular weight excluding hydrogens is 380 g/mol. The van der Waals surface area contributed by atoms with E-state index in [1.54, 1.807) is 0 Å². The lowest BCUT2D eigenvalue weighted by Gasteiger charge is -2.22. The zero-order valence-electron chi connectivity index (χ0n) is 17.3. The van der Waals surface area contributed by atoms with E-state index in [2.05, 4.69) is 10.6 Å². The van der Waals surface area contributed by atoms with Gasteiger partial charge in [-0.1, -0.05) is 55.7 Å². The fraction of sp³-hybridized carbons (Fsp3) is 0.542. The van der Waals surface area contributed by atoms with Gasteiger partial charge in [0.25, 0.3) is 0 Å². The highest BCUT2D eigenvalue weighted by atomic mass is 16.6. The van der Waals surface area contributed by atoms with Gasteiger partial charge in [0.1, 0.15) is 24.9 Å². The van der Waals surface area contributed by atoms with Crippen LogP contribution in [0.2, 0.25) is 0 Å². The van der Waals surface area contributed by atoms with Gasteiger partial charge in [0, 0.05) is 11.3 Å². The van der Waals surface area contributed by atoms with Crippen LogP contribution in [-0.4, -0.2) is 50.2 Å². The third-order valence-corrected chi connectivity index (χ3v) is 6.83. The Morgan fingerprint density at radius 2 is 1.80 bits per heavy atom. The number of carbonyl (C=O) groups excluding carboxylic acids is 1. The van der Waals surface area contributed by atoms with Crippen LogP contribution in [0.15, 0.2) is 42.5 Å². The Morgan fingerprint density at radius 1 is 1.00 bits per heavy atom. The molecule has 2 aromatic carbocycles. The molecule has 0 aromatic heterocycles. The number of amides is 1. The van der Waals surface area contributed by atoms with Crippen LogP contribution in [-0.2, 0) is 14.2 Å². The highest BCUT2D eigenvalue weighted by Crippen LogP contribution is 2.29. The minimum absolute atomic E-state index is 0.00365. The summed E-state index contributed by atoms with van der Waals surface area (Å²) in [6.45, 7) is 2.20. The first-order valence-corrected chi connectivity index (χ1v) is 11.3. The monoisotopic (exact) mass is 411 g/mol. The van der Waals surface area contributed by atoms with Crippen molar-refractivity contribution in [1.82, 2.24) is 0 Å². The molecule has 5 rings (SSSR count). The lowest BCUT2D eigenvalue weighted by molar-refractivity contribution is -0.698. The number of hydrogen-bond acceptors (Lipinski definition) is 4. The lowest BCUT2D eigenvalue weighted by atomic mass is 9.89. The van der Waals surface area contributed by atoms with E-state index in [4.69, 9.17) is 14.2 Å². The molecule has 3 aliphatic rings.